The molecule has 94 valence electrons. The topological polar surface area (TPSA) is 35.2 Å². The van der Waals surface area contributed by atoms with Crippen molar-refractivity contribution in [3.63, 3.8) is 0 Å². The van der Waals surface area contributed by atoms with Crippen molar-refractivity contribution in [2.75, 3.05) is 6.54 Å². The van der Waals surface area contributed by atoms with E-state index in [1.165, 1.54) is 6.07 Å². The van der Waals surface area contributed by atoms with E-state index in [4.69, 9.17) is 10.5 Å². The van der Waals surface area contributed by atoms with Crippen LogP contribution < -0.4 is 10.5 Å². The summed E-state index contributed by atoms with van der Waals surface area (Å²) < 4.78 is 31.7. The molecule has 0 heterocycles. The van der Waals surface area contributed by atoms with Gasteiger partial charge in [0, 0.05) is 6.07 Å². The van der Waals surface area contributed by atoms with E-state index in [2.05, 4.69) is 0 Å². The Morgan fingerprint density at radius 3 is 2.50 bits per heavy atom. The van der Waals surface area contributed by atoms with Crippen LogP contribution >= 0.6 is 0 Å². The first kappa shape index (κ1) is 12.5. The third-order valence-corrected chi connectivity index (χ3v) is 2.50. The van der Waals surface area contributed by atoms with Gasteiger partial charge < -0.3 is 10.5 Å². The van der Waals surface area contributed by atoms with Gasteiger partial charge >= 0.3 is 0 Å². The molecule has 2 nitrogen and oxygen atoms in total. The molecular weight excluding hydrogens is 236 g/mol. The van der Waals surface area contributed by atoms with E-state index in [0.717, 1.165) is 17.7 Å². The fourth-order valence-electron chi connectivity index (χ4n) is 1.64. The second-order valence-electron chi connectivity index (χ2n) is 3.82. The quantitative estimate of drug-likeness (QED) is 0.902. The third-order valence-electron chi connectivity index (χ3n) is 2.50. The average Bonchev–Trinajstić information content (AvgIpc) is 2.35. The normalized spacial score (nSPS) is 10.4. The lowest BCUT2D eigenvalue weighted by Crippen LogP contribution is -2.04. The highest BCUT2D eigenvalue weighted by Crippen LogP contribution is 2.27. The second kappa shape index (κ2) is 5.60. The number of para-hydroxylation sites is 1. The minimum absolute atomic E-state index is 0.000807. The molecule has 0 saturated heterocycles. The zero-order valence-corrected chi connectivity index (χ0v) is 9.70. The number of ether oxygens (including phenoxy) is 1. The largest absolute Gasteiger partial charge is 0.454 e. The molecule has 2 aromatic rings. The van der Waals surface area contributed by atoms with E-state index in [1.54, 1.807) is 12.1 Å². The molecule has 0 fully saturated rings. The molecule has 0 spiro atoms. The standard InChI is InChI=1S/C14H13F2NO/c15-11-5-6-14(12(16)9-11)18-13-4-2-1-3-10(13)7-8-17/h1-6,9H,7-8,17H2. The Morgan fingerprint density at radius 2 is 1.78 bits per heavy atom. The van der Waals surface area contributed by atoms with E-state index in [1.807, 2.05) is 12.1 Å². The number of nitrogens with two attached hydrogens (primary N) is 1. The van der Waals surface area contributed by atoms with Gasteiger partial charge in [0.05, 0.1) is 0 Å². The smallest absolute Gasteiger partial charge is 0.168 e. The van der Waals surface area contributed by atoms with Crippen LogP contribution in [0.5, 0.6) is 11.5 Å². The molecule has 0 unspecified atom stereocenters. The van der Waals surface area contributed by atoms with Crippen LogP contribution in [0.25, 0.3) is 0 Å². The van der Waals surface area contributed by atoms with Crippen LogP contribution in [-0.2, 0) is 6.42 Å². The molecule has 0 aromatic heterocycles. The number of halogens is 2. The molecule has 0 amide bonds. The van der Waals surface area contributed by atoms with Crippen LogP contribution in [0.4, 0.5) is 8.78 Å². The Morgan fingerprint density at radius 1 is 1.00 bits per heavy atom. The maximum atomic E-state index is 13.5. The van der Waals surface area contributed by atoms with Crippen molar-refractivity contribution in [3.05, 3.63) is 59.7 Å². The number of benzene rings is 2. The summed E-state index contributed by atoms with van der Waals surface area (Å²) in [6, 6.07) is 10.5. The Hall–Kier alpha value is -1.94. The van der Waals surface area contributed by atoms with Gasteiger partial charge in [0.15, 0.2) is 11.6 Å². The van der Waals surface area contributed by atoms with Crippen LogP contribution in [0.1, 0.15) is 5.56 Å². The molecule has 0 aliphatic carbocycles. The molecular formula is C14H13F2NO. The van der Waals surface area contributed by atoms with E-state index in [9.17, 15) is 8.78 Å². The Balaban J connectivity index is 2.28. The number of hydrogen-bond donors (Lipinski definition) is 1. The van der Waals surface area contributed by atoms with Gasteiger partial charge in [0.25, 0.3) is 0 Å². The fourth-order valence-corrected chi connectivity index (χ4v) is 1.64. The summed E-state index contributed by atoms with van der Waals surface area (Å²) in [4.78, 5) is 0. The van der Waals surface area contributed by atoms with Crippen molar-refractivity contribution < 1.29 is 13.5 Å². The Kier molecular flexibility index (Phi) is 3.89. The van der Waals surface area contributed by atoms with Crippen LogP contribution in [0.2, 0.25) is 0 Å². The van der Waals surface area contributed by atoms with Gasteiger partial charge in [-0.15, -0.1) is 0 Å². The fraction of sp³-hybridized carbons (Fsp3) is 0.143. The molecule has 0 radical (unpaired) electrons. The molecule has 0 bridgehead atoms. The maximum Gasteiger partial charge on any atom is 0.168 e. The van der Waals surface area contributed by atoms with E-state index in [-0.39, 0.29) is 5.75 Å². The lowest BCUT2D eigenvalue weighted by Gasteiger charge is -2.11. The summed E-state index contributed by atoms with van der Waals surface area (Å²) in [7, 11) is 0. The molecule has 4 heteroatoms. The predicted molar refractivity (Wildman–Crippen MR) is 65.6 cm³/mol. The highest BCUT2D eigenvalue weighted by molar-refractivity contribution is 5.38. The Bertz CT molecular complexity index is 543. The molecule has 0 atom stereocenters. The summed E-state index contributed by atoms with van der Waals surface area (Å²) >= 11 is 0. The summed E-state index contributed by atoms with van der Waals surface area (Å²) in [5.74, 6) is -0.818. The number of rotatable bonds is 4. The Labute approximate surface area is 104 Å². The summed E-state index contributed by atoms with van der Waals surface area (Å²) in [5, 5.41) is 0. The first-order chi connectivity index (χ1) is 8.70. The summed E-state index contributed by atoms with van der Waals surface area (Å²) in [5.41, 5.74) is 6.39. The molecule has 0 aliphatic heterocycles. The van der Waals surface area contributed by atoms with Crippen LogP contribution in [-0.4, -0.2) is 6.54 Å². The van der Waals surface area contributed by atoms with Gasteiger partial charge in [-0.25, -0.2) is 8.78 Å². The van der Waals surface area contributed by atoms with Crippen molar-refractivity contribution in [1.29, 1.82) is 0 Å². The first-order valence-corrected chi connectivity index (χ1v) is 5.61. The monoisotopic (exact) mass is 249 g/mol. The van der Waals surface area contributed by atoms with Crippen LogP contribution in [0.15, 0.2) is 42.5 Å². The number of hydrogen-bond acceptors (Lipinski definition) is 2. The van der Waals surface area contributed by atoms with Gasteiger partial charge in [0.1, 0.15) is 11.6 Å². The molecule has 2 aromatic carbocycles. The van der Waals surface area contributed by atoms with Crippen molar-refractivity contribution >= 4 is 0 Å². The van der Waals surface area contributed by atoms with Crippen molar-refractivity contribution in [2.45, 2.75) is 6.42 Å². The first-order valence-electron chi connectivity index (χ1n) is 5.61. The van der Waals surface area contributed by atoms with Gasteiger partial charge in [0.2, 0.25) is 0 Å². The van der Waals surface area contributed by atoms with Gasteiger partial charge in [-0.1, -0.05) is 18.2 Å². The van der Waals surface area contributed by atoms with Gasteiger partial charge in [-0.3, -0.25) is 0 Å². The molecule has 2 N–H and O–H groups in total. The van der Waals surface area contributed by atoms with Crippen molar-refractivity contribution in [2.24, 2.45) is 5.73 Å². The average molecular weight is 249 g/mol. The maximum absolute atomic E-state index is 13.5. The highest BCUT2D eigenvalue weighted by Gasteiger charge is 2.08. The van der Waals surface area contributed by atoms with Crippen molar-refractivity contribution in [3.8, 4) is 11.5 Å². The lowest BCUT2D eigenvalue weighted by molar-refractivity contribution is 0.433. The minimum Gasteiger partial charge on any atom is -0.454 e. The SMILES string of the molecule is NCCc1ccccc1Oc1ccc(F)cc1F. The predicted octanol–water partition coefficient (Wildman–Crippen LogP) is 3.26. The van der Waals surface area contributed by atoms with Gasteiger partial charge in [-0.2, -0.15) is 0 Å². The molecule has 18 heavy (non-hydrogen) atoms. The zero-order valence-electron chi connectivity index (χ0n) is 9.70. The minimum atomic E-state index is -0.724. The van der Waals surface area contributed by atoms with E-state index in [0.29, 0.717) is 18.7 Å². The highest BCUT2D eigenvalue weighted by atomic mass is 19.1. The second-order valence-corrected chi connectivity index (χ2v) is 3.82. The van der Waals surface area contributed by atoms with E-state index < -0.39 is 11.6 Å². The molecule has 0 saturated carbocycles. The van der Waals surface area contributed by atoms with Crippen molar-refractivity contribution in [1.82, 2.24) is 0 Å². The summed E-state index contributed by atoms with van der Waals surface area (Å²) in [6.07, 6.45) is 0.638. The third kappa shape index (κ3) is 2.84. The van der Waals surface area contributed by atoms with Crippen LogP contribution in [0.3, 0.4) is 0 Å². The molecule has 2 rings (SSSR count). The van der Waals surface area contributed by atoms with E-state index >= 15 is 0 Å². The summed E-state index contributed by atoms with van der Waals surface area (Å²) in [6.45, 7) is 0.478. The lowest BCUT2D eigenvalue weighted by atomic mass is 10.1. The molecule has 0 aliphatic rings. The van der Waals surface area contributed by atoms with Crippen LogP contribution in [0, 0.1) is 11.6 Å². The van der Waals surface area contributed by atoms with Gasteiger partial charge in [-0.05, 0) is 36.7 Å². The zero-order chi connectivity index (χ0) is 13.0.